The highest BCUT2D eigenvalue weighted by Gasteiger charge is 2.06. The fourth-order valence-corrected chi connectivity index (χ4v) is 2.13. The monoisotopic (exact) mass is 257 g/mol. The maximum Gasteiger partial charge on any atom is 0.256 e. The number of nitrogens with zero attached hydrogens (tertiary/aromatic N) is 1. The molecule has 5 heteroatoms. The van der Waals surface area contributed by atoms with Crippen LogP contribution in [0.5, 0.6) is 0 Å². The predicted octanol–water partition coefficient (Wildman–Crippen LogP) is 3.61. The second kappa shape index (κ2) is 5.57. The first kappa shape index (κ1) is 11.8. The van der Waals surface area contributed by atoms with Gasteiger partial charge in [-0.2, -0.15) is 0 Å². The van der Waals surface area contributed by atoms with E-state index in [9.17, 15) is 0 Å². The maximum atomic E-state index is 5.87. The Labute approximate surface area is 103 Å². The summed E-state index contributed by atoms with van der Waals surface area (Å²) in [4.78, 5) is 4.33. The van der Waals surface area contributed by atoms with Crippen LogP contribution in [0, 0.1) is 0 Å². The molecule has 3 nitrogen and oxygen atoms in total. The molecule has 1 aromatic carbocycles. The van der Waals surface area contributed by atoms with Crippen molar-refractivity contribution in [3.63, 3.8) is 0 Å². The highest BCUT2D eigenvalue weighted by molar-refractivity contribution is 7.99. The van der Waals surface area contributed by atoms with Crippen LogP contribution in [0.4, 0.5) is 0 Å². The molecule has 1 heterocycles. The minimum Gasteiger partial charge on any atom is -0.431 e. The topological polar surface area (TPSA) is 35.3 Å². The zero-order chi connectivity index (χ0) is 11.4. The Balaban J connectivity index is 2.02. The molecule has 0 bridgehead atoms. The van der Waals surface area contributed by atoms with Gasteiger partial charge in [0.25, 0.3) is 5.22 Å². The third kappa shape index (κ3) is 2.90. The molecule has 0 saturated heterocycles. The lowest BCUT2D eigenvalue weighted by Gasteiger charge is -1.96. The van der Waals surface area contributed by atoms with Gasteiger partial charge in [0.05, 0.1) is 6.61 Å². The number of thioether (sulfide) groups is 1. The summed E-state index contributed by atoms with van der Waals surface area (Å²) in [6, 6.07) is 5.42. The number of halogens is 1. The van der Waals surface area contributed by atoms with Crippen molar-refractivity contribution in [3.05, 3.63) is 23.2 Å². The summed E-state index contributed by atoms with van der Waals surface area (Å²) in [6.45, 7) is 3.43. The molecule has 0 amide bonds. The summed E-state index contributed by atoms with van der Waals surface area (Å²) in [7, 11) is 0. The van der Waals surface area contributed by atoms with E-state index in [1.165, 1.54) is 0 Å². The number of hydrogen-bond acceptors (Lipinski definition) is 4. The van der Waals surface area contributed by atoms with E-state index in [1.54, 1.807) is 23.9 Å². The van der Waals surface area contributed by atoms with E-state index >= 15 is 0 Å². The van der Waals surface area contributed by atoms with Gasteiger partial charge in [-0.05, 0) is 25.1 Å². The zero-order valence-electron chi connectivity index (χ0n) is 8.90. The Bertz CT molecular complexity index is 472. The molecular formula is C11H12ClNO2S. The minimum atomic E-state index is 0.664. The van der Waals surface area contributed by atoms with Crippen molar-refractivity contribution in [1.29, 1.82) is 0 Å². The summed E-state index contributed by atoms with van der Waals surface area (Å²) in [5, 5.41) is 1.34. The number of benzene rings is 1. The lowest BCUT2D eigenvalue weighted by Crippen LogP contribution is -1.95. The van der Waals surface area contributed by atoms with E-state index in [0.717, 1.165) is 23.5 Å². The Morgan fingerprint density at radius 3 is 3.19 bits per heavy atom. The van der Waals surface area contributed by atoms with Crippen molar-refractivity contribution < 1.29 is 9.15 Å². The highest BCUT2D eigenvalue weighted by Crippen LogP contribution is 2.25. The molecule has 2 aromatic rings. The average molecular weight is 258 g/mol. The third-order valence-corrected chi connectivity index (χ3v) is 3.01. The lowest BCUT2D eigenvalue weighted by molar-refractivity contribution is 0.164. The molecular weight excluding hydrogens is 246 g/mol. The van der Waals surface area contributed by atoms with Crippen LogP contribution in [0.2, 0.25) is 5.02 Å². The van der Waals surface area contributed by atoms with E-state index in [4.69, 9.17) is 20.8 Å². The Morgan fingerprint density at radius 2 is 2.38 bits per heavy atom. The van der Waals surface area contributed by atoms with Crippen LogP contribution in [0.25, 0.3) is 11.1 Å². The van der Waals surface area contributed by atoms with Crippen LogP contribution in [-0.4, -0.2) is 24.0 Å². The van der Waals surface area contributed by atoms with E-state index < -0.39 is 0 Å². The van der Waals surface area contributed by atoms with Crippen LogP contribution in [-0.2, 0) is 4.74 Å². The van der Waals surface area contributed by atoms with Crippen molar-refractivity contribution in [2.45, 2.75) is 12.1 Å². The van der Waals surface area contributed by atoms with Crippen molar-refractivity contribution in [2.75, 3.05) is 19.0 Å². The molecule has 0 aliphatic heterocycles. The van der Waals surface area contributed by atoms with Crippen LogP contribution in [0.3, 0.4) is 0 Å². The van der Waals surface area contributed by atoms with Gasteiger partial charge in [0.15, 0.2) is 5.58 Å². The number of oxazole rings is 1. The van der Waals surface area contributed by atoms with Gasteiger partial charge in [0.1, 0.15) is 5.52 Å². The van der Waals surface area contributed by atoms with E-state index in [0.29, 0.717) is 16.9 Å². The SMILES string of the molecule is CCOCCSc1nc2cc(Cl)ccc2o1. The molecule has 0 radical (unpaired) electrons. The van der Waals surface area contributed by atoms with E-state index in [-0.39, 0.29) is 0 Å². The first-order valence-corrected chi connectivity index (χ1v) is 6.42. The smallest absolute Gasteiger partial charge is 0.256 e. The lowest BCUT2D eigenvalue weighted by atomic mass is 10.3. The third-order valence-electron chi connectivity index (χ3n) is 1.99. The molecule has 0 saturated carbocycles. The molecule has 0 unspecified atom stereocenters. The second-order valence-corrected chi connectivity index (χ2v) is 4.62. The molecule has 86 valence electrons. The average Bonchev–Trinajstić information content (AvgIpc) is 2.66. The predicted molar refractivity (Wildman–Crippen MR) is 66.2 cm³/mol. The standard InChI is InChI=1S/C11H12ClNO2S/c1-2-14-5-6-16-11-13-9-7-8(12)3-4-10(9)15-11/h3-4,7H,2,5-6H2,1H3. The van der Waals surface area contributed by atoms with Crippen LogP contribution >= 0.6 is 23.4 Å². The molecule has 0 N–H and O–H groups in total. The van der Waals surface area contributed by atoms with Crippen molar-refractivity contribution in [1.82, 2.24) is 4.98 Å². The molecule has 16 heavy (non-hydrogen) atoms. The molecule has 0 aliphatic carbocycles. The van der Waals surface area contributed by atoms with Crippen molar-refractivity contribution >= 4 is 34.5 Å². The van der Waals surface area contributed by atoms with Crippen LogP contribution < -0.4 is 0 Å². The number of ether oxygens (including phenoxy) is 1. The Kier molecular flexibility index (Phi) is 4.09. The molecule has 0 atom stereocenters. The summed E-state index contributed by atoms with van der Waals surface area (Å²) in [5.41, 5.74) is 1.56. The Morgan fingerprint density at radius 1 is 1.50 bits per heavy atom. The van der Waals surface area contributed by atoms with E-state index in [2.05, 4.69) is 4.98 Å². The zero-order valence-corrected chi connectivity index (χ0v) is 10.5. The van der Waals surface area contributed by atoms with Crippen LogP contribution in [0.1, 0.15) is 6.92 Å². The van der Waals surface area contributed by atoms with Gasteiger partial charge in [-0.3, -0.25) is 0 Å². The van der Waals surface area contributed by atoms with Gasteiger partial charge >= 0.3 is 0 Å². The molecule has 1 aromatic heterocycles. The fourth-order valence-electron chi connectivity index (χ4n) is 1.27. The Hall–Kier alpha value is -0.710. The summed E-state index contributed by atoms with van der Waals surface area (Å²) < 4.78 is 10.8. The highest BCUT2D eigenvalue weighted by atomic mass is 35.5. The maximum absolute atomic E-state index is 5.87. The van der Waals surface area contributed by atoms with Gasteiger partial charge < -0.3 is 9.15 Å². The van der Waals surface area contributed by atoms with Crippen molar-refractivity contribution in [2.24, 2.45) is 0 Å². The molecule has 0 aliphatic rings. The van der Waals surface area contributed by atoms with Crippen LogP contribution in [0.15, 0.2) is 27.8 Å². The van der Waals surface area contributed by atoms with Gasteiger partial charge in [-0.15, -0.1) is 0 Å². The summed E-state index contributed by atoms with van der Waals surface area (Å²) in [6.07, 6.45) is 0. The first-order chi connectivity index (χ1) is 7.79. The summed E-state index contributed by atoms with van der Waals surface area (Å²) in [5.74, 6) is 0.842. The van der Waals surface area contributed by atoms with Gasteiger partial charge in [-0.25, -0.2) is 4.98 Å². The number of aromatic nitrogens is 1. The van der Waals surface area contributed by atoms with Gasteiger partial charge in [-0.1, -0.05) is 23.4 Å². The van der Waals surface area contributed by atoms with Crippen molar-refractivity contribution in [3.8, 4) is 0 Å². The number of hydrogen-bond donors (Lipinski definition) is 0. The van der Waals surface area contributed by atoms with Gasteiger partial charge in [0.2, 0.25) is 0 Å². The quantitative estimate of drug-likeness (QED) is 0.606. The first-order valence-electron chi connectivity index (χ1n) is 5.06. The minimum absolute atomic E-state index is 0.664. The molecule has 0 fully saturated rings. The second-order valence-electron chi connectivity index (χ2n) is 3.14. The fraction of sp³-hybridized carbons (Fsp3) is 0.364. The summed E-state index contributed by atoms with van der Waals surface area (Å²) >= 11 is 7.41. The van der Waals surface area contributed by atoms with E-state index in [1.807, 2.05) is 13.0 Å². The largest absolute Gasteiger partial charge is 0.431 e. The molecule has 2 rings (SSSR count). The molecule has 0 spiro atoms. The van der Waals surface area contributed by atoms with Gasteiger partial charge in [0, 0.05) is 17.4 Å². The normalized spacial score (nSPS) is 11.1. The number of fused-ring (bicyclic) bond motifs is 1. The number of rotatable bonds is 5.